The molecule has 1 aromatic carbocycles. The van der Waals surface area contributed by atoms with Gasteiger partial charge in [-0.1, -0.05) is 12.1 Å². The standard InChI is InChI=1S/C20H19F3N4/c21-20(22,23)16-5-6-19(25-12-16)26-9-7-14-8-10-27(18(14)13-26)17-4-2-1-3-15(17)11-24/h1-6,12,14,18H,7-10,13H2. The normalized spacial score (nSPS) is 22.4. The van der Waals surface area contributed by atoms with Crippen molar-refractivity contribution >= 4 is 11.5 Å². The number of fused-ring (bicyclic) bond motifs is 1. The first-order valence-electron chi connectivity index (χ1n) is 9.01. The predicted molar refractivity (Wildman–Crippen MR) is 96.5 cm³/mol. The summed E-state index contributed by atoms with van der Waals surface area (Å²) in [5.74, 6) is 1.10. The van der Waals surface area contributed by atoms with Crippen LogP contribution in [0.15, 0.2) is 42.6 Å². The second-order valence-electron chi connectivity index (χ2n) is 7.08. The van der Waals surface area contributed by atoms with Gasteiger partial charge in [-0.25, -0.2) is 4.98 Å². The van der Waals surface area contributed by atoms with Crippen LogP contribution < -0.4 is 9.80 Å². The van der Waals surface area contributed by atoms with Gasteiger partial charge in [0.05, 0.1) is 16.8 Å². The first kappa shape index (κ1) is 17.7. The smallest absolute Gasteiger partial charge is 0.365 e. The molecular formula is C20H19F3N4. The van der Waals surface area contributed by atoms with E-state index in [1.807, 2.05) is 24.3 Å². The number of alkyl halides is 3. The molecule has 0 amide bonds. The molecule has 2 fully saturated rings. The second-order valence-corrected chi connectivity index (χ2v) is 7.08. The summed E-state index contributed by atoms with van der Waals surface area (Å²) in [4.78, 5) is 8.38. The summed E-state index contributed by atoms with van der Waals surface area (Å²) in [7, 11) is 0. The number of hydrogen-bond acceptors (Lipinski definition) is 4. The highest BCUT2D eigenvalue weighted by Crippen LogP contribution is 2.37. The van der Waals surface area contributed by atoms with Gasteiger partial charge in [-0.15, -0.1) is 0 Å². The number of benzene rings is 1. The van der Waals surface area contributed by atoms with E-state index >= 15 is 0 Å². The first-order valence-corrected chi connectivity index (χ1v) is 9.01. The number of halogens is 3. The lowest BCUT2D eigenvalue weighted by Crippen LogP contribution is -2.48. The third-order valence-corrected chi connectivity index (χ3v) is 5.60. The first-order chi connectivity index (χ1) is 13.0. The Morgan fingerprint density at radius 1 is 1.07 bits per heavy atom. The maximum absolute atomic E-state index is 12.8. The molecule has 2 aromatic rings. The fraction of sp³-hybridized carbons (Fsp3) is 0.400. The Bertz CT molecular complexity index is 857. The number of piperidine rings is 1. The minimum atomic E-state index is -4.37. The molecule has 2 saturated heterocycles. The van der Waals surface area contributed by atoms with Crippen LogP contribution in [-0.4, -0.2) is 30.7 Å². The van der Waals surface area contributed by atoms with Crippen LogP contribution >= 0.6 is 0 Å². The highest BCUT2D eigenvalue weighted by Gasteiger charge is 2.39. The Balaban J connectivity index is 1.56. The molecule has 0 spiro atoms. The second kappa shape index (κ2) is 6.76. The number of nitrogens with zero attached hydrogens (tertiary/aromatic N) is 4. The lowest BCUT2D eigenvalue weighted by atomic mass is 9.92. The van der Waals surface area contributed by atoms with Crippen molar-refractivity contribution in [2.75, 3.05) is 29.4 Å². The van der Waals surface area contributed by atoms with Gasteiger partial charge in [0.15, 0.2) is 0 Å². The molecule has 4 nitrogen and oxygen atoms in total. The van der Waals surface area contributed by atoms with Crippen LogP contribution in [0.1, 0.15) is 24.0 Å². The van der Waals surface area contributed by atoms with E-state index in [4.69, 9.17) is 0 Å². The summed E-state index contributed by atoms with van der Waals surface area (Å²) in [5, 5.41) is 9.41. The number of anilines is 2. The summed E-state index contributed by atoms with van der Waals surface area (Å²) in [6.07, 6.45) is -1.43. The van der Waals surface area contributed by atoms with Crippen LogP contribution in [-0.2, 0) is 6.18 Å². The van der Waals surface area contributed by atoms with Crippen molar-refractivity contribution in [3.63, 3.8) is 0 Å². The largest absolute Gasteiger partial charge is 0.417 e. The highest BCUT2D eigenvalue weighted by molar-refractivity contribution is 5.61. The van der Waals surface area contributed by atoms with E-state index in [-0.39, 0.29) is 6.04 Å². The number of nitriles is 1. The van der Waals surface area contributed by atoms with E-state index < -0.39 is 11.7 Å². The Hall–Kier alpha value is -2.75. The number of hydrogen-bond donors (Lipinski definition) is 0. The maximum Gasteiger partial charge on any atom is 0.417 e. The van der Waals surface area contributed by atoms with Gasteiger partial charge < -0.3 is 9.80 Å². The van der Waals surface area contributed by atoms with E-state index in [1.165, 1.54) is 6.07 Å². The monoisotopic (exact) mass is 372 g/mol. The van der Waals surface area contributed by atoms with Crippen LogP contribution in [0.5, 0.6) is 0 Å². The number of para-hydroxylation sites is 1. The molecule has 7 heteroatoms. The van der Waals surface area contributed by atoms with Crippen molar-refractivity contribution in [3.8, 4) is 6.07 Å². The molecule has 2 unspecified atom stereocenters. The molecule has 0 saturated carbocycles. The summed E-state index contributed by atoms with van der Waals surface area (Å²) in [5.41, 5.74) is 0.865. The molecule has 2 aliphatic rings. The van der Waals surface area contributed by atoms with Gasteiger partial charge >= 0.3 is 6.18 Å². The molecular weight excluding hydrogens is 353 g/mol. The van der Waals surface area contributed by atoms with Crippen molar-refractivity contribution in [1.82, 2.24) is 4.98 Å². The summed E-state index contributed by atoms with van der Waals surface area (Å²) < 4.78 is 38.3. The average molecular weight is 372 g/mol. The quantitative estimate of drug-likeness (QED) is 0.797. The summed E-state index contributed by atoms with van der Waals surface area (Å²) >= 11 is 0. The van der Waals surface area contributed by atoms with Crippen LogP contribution in [0.25, 0.3) is 0 Å². The van der Waals surface area contributed by atoms with Gasteiger partial charge in [0.25, 0.3) is 0 Å². The molecule has 0 bridgehead atoms. The average Bonchev–Trinajstić information content (AvgIpc) is 3.10. The molecule has 4 rings (SSSR count). The van der Waals surface area contributed by atoms with Crippen LogP contribution in [0.2, 0.25) is 0 Å². The van der Waals surface area contributed by atoms with Crippen molar-refractivity contribution in [2.45, 2.75) is 25.1 Å². The van der Waals surface area contributed by atoms with E-state index in [2.05, 4.69) is 20.9 Å². The van der Waals surface area contributed by atoms with Gasteiger partial charge in [-0.3, -0.25) is 0 Å². The van der Waals surface area contributed by atoms with Crippen molar-refractivity contribution in [2.24, 2.45) is 5.92 Å². The van der Waals surface area contributed by atoms with Crippen molar-refractivity contribution in [1.29, 1.82) is 5.26 Å². The number of aromatic nitrogens is 1. The number of rotatable bonds is 2. The summed E-state index contributed by atoms with van der Waals surface area (Å²) in [6, 6.07) is 12.6. The molecule has 0 N–H and O–H groups in total. The van der Waals surface area contributed by atoms with Crippen LogP contribution in [0.3, 0.4) is 0 Å². The Morgan fingerprint density at radius 3 is 2.56 bits per heavy atom. The molecule has 0 aliphatic carbocycles. The fourth-order valence-corrected chi connectivity index (χ4v) is 4.21. The van der Waals surface area contributed by atoms with Crippen LogP contribution in [0.4, 0.5) is 24.7 Å². The third-order valence-electron chi connectivity index (χ3n) is 5.60. The molecule has 27 heavy (non-hydrogen) atoms. The van der Waals surface area contributed by atoms with Crippen LogP contribution in [0, 0.1) is 17.2 Å². The van der Waals surface area contributed by atoms with Gasteiger partial charge in [-0.2, -0.15) is 18.4 Å². The topological polar surface area (TPSA) is 43.2 Å². The van der Waals surface area contributed by atoms with Crippen molar-refractivity contribution < 1.29 is 13.2 Å². The molecule has 0 radical (unpaired) electrons. The van der Waals surface area contributed by atoms with Gasteiger partial charge in [0.2, 0.25) is 0 Å². The minimum absolute atomic E-state index is 0.234. The van der Waals surface area contributed by atoms with E-state index in [0.29, 0.717) is 23.8 Å². The van der Waals surface area contributed by atoms with E-state index in [1.54, 1.807) is 0 Å². The number of pyridine rings is 1. The lowest BCUT2D eigenvalue weighted by molar-refractivity contribution is -0.137. The highest BCUT2D eigenvalue weighted by atomic mass is 19.4. The maximum atomic E-state index is 12.8. The molecule has 3 heterocycles. The zero-order valence-electron chi connectivity index (χ0n) is 14.7. The SMILES string of the molecule is N#Cc1ccccc1N1CCC2CCN(c3ccc(C(F)(F)F)cn3)CC21. The third kappa shape index (κ3) is 3.32. The van der Waals surface area contributed by atoms with Gasteiger partial charge in [0, 0.05) is 31.9 Å². The minimum Gasteiger partial charge on any atom is -0.365 e. The molecule has 2 aliphatic heterocycles. The lowest BCUT2D eigenvalue weighted by Gasteiger charge is -2.40. The zero-order valence-corrected chi connectivity index (χ0v) is 14.7. The Kier molecular flexibility index (Phi) is 4.42. The fourth-order valence-electron chi connectivity index (χ4n) is 4.21. The van der Waals surface area contributed by atoms with Gasteiger partial charge in [0.1, 0.15) is 11.9 Å². The van der Waals surface area contributed by atoms with E-state index in [9.17, 15) is 18.4 Å². The summed E-state index contributed by atoms with van der Waals surface area (Å²) in [6.45, 7) is 2.37. The predicted octanol–water partition coefficient (Wildman–Crippen LogP) is 4.08. The van der Waals surface area contributed by atoms with Gasteiger partial charge in [-0.05, 0) is 43.0 Å². The Morgan fingerprint density at radius 2 is 1.85 bits per heavy atom. The molecule has 140 valence electrons. The van der Waals surface area contributed by atoms with Crippen molar-refractivity contribution in [3.05, 3.63) is 53.7 Å². The Labute approximate surface area is 155 Å². The molecule has 2 atom stereocenters. The van der Waals surface area contributed by atoms with E-state index in [0.717, 1.165) is 43.9 Å². The zero-order chi connectivity index (χ0) is 19.0. The molecule has 1 aromatic heterocycles.